The summed E-state index contributed by atoms with van der Waals surface area (Å²) in [6, 6.07) is 7.58. The first-order valence-electron chi connectivity index (χ1n) is 6.14. The molecule has 0 atom stereocenters. The van der Waals surface area contributed by atoms with E-state index in [1.807, 2.05) is 35.0 Å². The average molecular weight is 259 g/mol. The van der Waals surface area contributed by atoms with Crippen LogP contribution in [0.4, 0.5) is 5.69 Å². The van der Waals surface area contributed by atoms with Crippen molar-refractivity contribution in [3.63, 3.8) is 0 Å². The normalized spacial score (nSPS) is 10.4. The summed E-state index contributed by atoms with van der Waals surface area (Å²) in [5.41, 5.74) is 7.41. The summed E-state index contributed by atoms with van der Waals surface area (Å²) < 4.78 is 6.64. The van der Waals surface area contributed by atoms with E-state index in [9.17, 15) is 4.79 Å². The lowest BCUT2D eigenvalue weighted by Crippen LogP contribution is -2.04. The molecule has 1 aromatic heterocycles. The number of hydrogen-bond donors (Lipinski definition) is 1. The Balaban J connectivity index is 2.05. The van der Waals surface area contributed by atoms with Crippen LogP contribution in [0.1, 0.15) is 12.8 Å². The fourth-order valence-corrected chi connectivity index (χ4v) is 1.88. The lowest BCUT2D eigenvalue weighted by molar-refractivity contribution is -0.140. The van der Waals surface area contributed by atoms with Crippen LogP contribution in [0, 0.1) is 0 Å². The minimum Gasteiger partial charge on any atom is -0.469 e. The molecular formula is C14H17N3O2. The van der Waals surface area contributed by atoms with E-state index in [1.54, 1.807) is 6.20 Å². The van der Waals surface area contributed by atoms with Crippen LogP contribution in [0.3, 0.4) is 0 Å². The average Bonchev–Trinajstić information content (AvgIpc) is 2.88. The minimum absolute atomic E-state index is 0.186. The van der Waals surface area contributed by atoms with Crippen molar-refractivity contribution < 1.29 is 9.53 Å². The van der Waals surface area contributed by atoms with E-state index in [1.165, 1.54) is 7.11 Å². The smallest absolute Gasteiger partial charge is 0.305 e. The number of anilines is 1. The number of carbonyl (C=O) groups is 1. The first kappa shape index (κ1) is 13.1. The van der Waals surface area contributed by atoms with E-state index in [0.717, 1.165) is 30.0 Å². The van der Waals surface area contributed by atoms with Gasteiger partial charge in [-0.25, -0.2) is 4.98 Å². The molecule has 5 heteroatoms. The second kappa shape index (κ2) is 6.04. The first-order chi connectivity index (χ1) is 9.20. The molecule has 0 aliphatic carbocycles. The van der Waals surface area contributed by atoms with Gasteiger partial charge in [-0.05, 0) is 30.7 Å². The second-order valence-corrected chi connectivity index (χ2v) is 4.25. The molecule has 0 unspecified atom stereocenters. The molecule has 5 nitrogen and oxygen atoms in total. The summed E-state index contributed by atoms with van der Waals surface area (Å²) in [7, 11) is 1.40. The van der Waals surface area contributed by atoms with Crippen LogP contribution in [-0.4, -0.2) is 22.6 Å². The number of nitrogen functional groups attached to an aromatic ring is 1. The molecule has 0 radical (unpaired) electrons. The number of nitrogens with two attached hydrogens (primary N) is 1. The summed E-state index contributed by atoms with van der Waals surface area (Å²) in [5.74, 6) is 0.694. The zero-order valence-electron chi connectivity index (χ0n) is 10.9. The fraction of sp³-hybridized carbons (Fsp3) is 0.286. The standard InChI is InChI=1S/C14H17N3O2/c1-19-13(18)3-2-9-17-10-8-16-14(17)11-4-6-12(15)7-5-11/h4-8,10H,2-3,9,15H2,1H3. The lowest BCUT2D eigenvalue weighted by atomic mass is 10.2. The molecule has 19 heavy (non-hydrogen) atoms. The van der Waals surface area contributed by atoms with Crippen LogP contribution >= 0.6 is 0 Å². The number of methoxy groups -OCH3 is 1. The molecule has 2 rings (SSSR count). The van der Waals surface area contributed by atoms with Crippen LogP contribution in [0.2, 0.25) is 0 Å². The molecule has 1 aromatic carbocycles. The van der Waals surface area contributed by atoms with Gasteiger partial charge in [0.05, 0.1) is 7.11 Å². The maximum Gasteiger partial charge on any atom is 0.305 e. The highest BCUT2D eigenvalue weighted by Gasteiger charge is 2.06. The van der Waals surface area contributed by atoms with Crippen molar-refractivity contribution in [3.8, 4) is 11.4 Å². The molecule has 0 spiro atoms. The third kappa shape index (κ3) is 3.34. The Kier molecular flexibility index (Phi) is 4.18. The third-order valence-electron chi connectivity index (χ3n) is 2.89. The van der Waals surface area contributed by atoms with Crippen molar-refractivity contribution in [2.75, 3.05) is 12.8 Å². The van der Waals surface area contributed by atoms with E-state index in [-0.39, 0.29) is 5.97 Å². The number of aromatic nitrogens is 2. The van der Waals surface area contributed by atoms with Crippen LogP contribution in [-0.2, 0) is 16.1 Å². The Morgan fingerprint density at radius 3 is 2.79 bits per heavy atom. The van der Waals surface area contributed by atoms with Gasteiger partial charge in [-0.2, -0.15) is 0 Å². The van der Waals surface area contributed by atoms with Crippen molar-refractivity contribution in [1.82, 2.24) is 9.55 Å². The van der Waals surface area contributed by atoms with E-state index in [4.69, 9.17) is 5.73 Å². The van der Waals surface area contributed by atoms with Crippen LogP contribution < -0.4 is 5.73 Å². The van der Waals surface area contributed by atoms with Gasteiger partial charge in [-0.1, -0.05) is 0 Å². The Bertz CT molecular complexity index is 546. The maximum absolute atomic E-state index is 11.1. The van der Waals surface area contributed by atoms with Gasteiger partial charge in [-0.15, -0.1) is 0 Å². The molecule has 0 fully saturated rings. The summed E-state index contributed by atoms with van der Waals surface area (Å²) in [6.07, 6.45) is 4.80. The number of benzene rings is 1. The minimum atomic E-state index is -0.186. The predicted molar refractivity (Wildman–Crippen MR) is 73.3 cm³/mol. The van der Waals surface area contributed by atoms with E-state index >= 15 is 0 Å². The van der Waals surface area contributed by atoms with Crippen molar-refractivity contribution in [2.24, 2.45) is 0 Å². The molecule has 0 aliphatic heterocycles. The van der Waals surface area contributed by atoms with Crippen molar-refractivity contribution in [3.05, 3.63) is 36.7 Å². The predicted octanol–water partition coefficient (Wildman–Crippen LogP) is 2.09. The molecule has 100 valence electrons. The van der Waals surface area contributed by atoms with E-state index < -0.39 is 0 Å². The van der Waals surface area contributed by atoms with Gasteiger partial charge in [0.2, 0.25) is 0 Å². The quantitative estimate of drug-likeness (QED) is 0.659. The number of imidazole rings is 1. The Morgan fingerprint density at radius 2 is 2.11 bits per heavy atom. The summed E-state index contributed by atoms with van der Waals surface area (Å²) in [6.45, 7) is 0.731. The fourth-order valence-electron chi connectivity index (χ4n) is 1.88. The highest BCUT2D eigenvalue weighted by atomic mass is 16.5. The zero-order valence-corrected chi connectivity index (χ0v) is 10.9. The van der Waals surface area contributed by atoms with E-state index in [2.05, 4.69) is 9.72 Å². The number of ether oxygens (including phenoxy) is 1. The van der Waals surface area contributed by atoms with Gasteiger partial charge in [0.1, 0.15) is 5.82 Å². The van der Waals surface area contributed by atoms with Gasteiger partial charge in [-0.3, -0.25) is 4.79 Å². The lowest BCUT2D eigenvalue weighted by Gasteiger charge is -2.07. The Labute approximate surface area is 112 Å². The number of rotatable bonds is 5. The topological polar surface area (TPSA) is 70.1 Å². The van der Waals surface area contributed by atoms with Crippen LogP contribution in [0.5, 0.6) is 0 Å². The molecule has 0 saturated heterocycles. The molecule has 0 bridgehead atoms. The Morgan fingerprint density at radius 1 is 1.37 bits per heavy atom. The molecule has 2 aromatic rings. The molecule has 0 saturated carbocycles. The monoisotopic (exact) mass is 259 g/mol. The number of carbonyl (C=O) groups excluding carboxylic acids is 1. The Hall–Kier alpha value is -2.30. The van der Waals surface area contributed by atoms with Crippen molar-refractivity contribution in [2.45, 2.75) is 19.4 Å². The van der Waals surface area contributed by atoms with Gasteiger partial charge in [0.15, 0.2) is 0 Å². The highest BCUT2D eigenvalue weighted by Crippen LogP contribution is 2.19. The van der Waals surface area contributed by atoms with E-state index in [0.29, 0.717) is 6.42 Å². The van der Waals surface area contributed by atoms with Crippen molar-refractivity contribution in [1.29, 1.82) is 0 Å². The SMILES string of the molecule is COC(=O)CCCn1ccnc1-c1ccc(N)cc1. The van der Waals surface area contributed by atoms with Crippen molar-refractivity contribution >= 4 is 11.7 Å². The van der Waals surface area contributed by atoms with Crippen LogP contribution in [0.25, 0.3) is 11.4 Å². The molecule has 1 heterocycles. The number of esters is 1. The molecular weight excluding hydrogens is 242 g/mol. The summed E-state index contributed by atoms with van der Waals surface area (Å²) in [5, 5.41) is 0. The zero-order chi connectivity index (χ0) is 13.7. The number of aryl methyl sites for hydroxylation is 1. The van der Waals surface area contributed by atoms with Gasteiger partial charge >= 0.3 is 5.97 Å². The van der Waals surface area contributed by atoms with Crippen LogP contribution in [0.15, 0.2) is 36.7 Å². The number of hydrogen-bond acceptors (Lipinski definition) is 4. The van der Waals surface area contributed by atoms with Gasteiger partial charge in [0.25, 0.3) is 0 Å². The molecule has 2 N–H and O–H groups in total. The van der Waals surface area contributed by atoms with Gasteiger partial charge in [0, 0.05) is 36.6 Å². The number of nitrogens with zero attached hydrogens (tertiary/aromatic N) is 2. The molecule has 0 aliphatic rings. The molecule has 0 amide bonds. The third-order valence-corrected chi connectivity index (χ3v) is 2.89. The van der Waals surface area contributed by atoms with Gasteiger partial charge < -0.3 is 15.0 Å². The largest absolute Gasteiger partial charge is 0.469 e. The first-order valence-corrected chi connectivity index (χ1v) is 6.14. The second-order valence-electron chi connectivity index (χ2n) is 4.25. The highest BCUT2D eigenvalue weighted by molar-refractivity contribution is 5.69. The summed E-state index contributed by atoms with van der Waals surface area (Å²) in [4.78, 5) is 15.4. The maximum atomic E-state index is 11.1. The summed E-state index contributed by atoms with van der Waals surface area (Å²) >= 11 is 0.